The van der Waals surface area contributed by atoms with Crippen LogP contribution in [-0.4, -0.2) is 50.9 Å². The standard InChI is InChI=1S/C31H34N4O5.C2H6.CH4O/c1-5-15-32-18-22-11-14-24-26(17-22)34(4)31(40)35(29(24)37)23-12-9-21(10-13-23)16-25(30(38)39)33-28(36)27-19(2)7-6-8-20(27)3;2*1-2/h6-14,17,25,32H,5,15-16,18H2,1-4H3,(H,33,36)(H,38,39);1-2H3;2H,1H3/t25-;;/m0../s1. The highest BCUT2D eigenvalue weighted by atomic mass is 16.4. The van der Waals surface area contributed by atoms with E-state index in [2.05, 4.69) is 17.6 Å². The van der Waals surface area contributed by atoms with Gasteiger partial charge in [0.05, 0.1) is 16.6 Å². The van der Waals surface area contributed by atoms with Crippen LogP contribution in [0.3, 0.4) is 0 Å². The molecule has 1 amide bonds. The normalized spacial score (nSPS) is 11.1. The number of amides is 1. The number of aliphatic hydroxyl groups is 1. The number of carbonyl (C=O) groups excluding carboxylic acids is 1. The number of carbonyl (C=O) groups is 2. The number of aliphatic carboxylic acids is 1. The predicted molar refractivity (Wildman–Crippen MR) is 175 cm³/mol. The molecule has 10 nitrogen and oxygen atoms in total. The zero-order valence-corrected chi connectivity index (χ0v) is 26.6. The van der Waals surface area contributed by atoms with Gasteiger partial charge in [-0.1, -0.05) is 57.2 Å². The van der Waals surface area contributed by atoms with Crippen LogP contribution < -0.4 is 21.9 Å². The summed E-state index contributed by atoms with van der Waals surface area (Å²) in [5, 5.41) is 23.1. The Morgan fingerprint density at radius 2 is 1.50 bits per heavy atom. The SMILES string of the molecule is CC.CCCNCc1ccc2c(=O)n(-c3ccc(C[C@H](NC(=O)c4c(C)cccc4C)C(=O)O)cc3)c(=O)n(C)c2c1.CO. The lowest BCUT2D eigenvalue weighted by Crippen LogP contribution is -2.42. The average Bonchev–Trinajstić information content (AvgIpc) is 3.02. The van der Waals surface area contributed by atoms with Crippen molar-refractivity contribution in [3.05, 3.63) is 109 Å². The summed E-state index contributed by atoms with van der Waals surface area (Å²) in [6.07, 6.45) is 1.04. The molecular weight excluding hydrogens is 560 g/mol. The molecule has 0 saturated heterocycles. The average molecular weight is 605 g/mol. The molecule has 0 aliphatic heterocycles. The Labute approximate surface area is 258 Å². The summed E-state index contributed by atoms with van der Waals surface area (Å²) >= 11 is 0. The minimum Gasteiger partial charge on any atom is -0.480 e. The second-order valence-corrected chi connectivity index (χ2v) is 10.0. The molecule has 1 atom stereocenters. The summed E-state index contributed by atoms with van der Waals surface area (Å²) in [6.45, 7) is 11.2. The number of hydrogen-bond acceptors (Lipinski definition) is 6. The number of nitrogens with one attached hydrogen (secondary N) is 2. The van der Waals surface area contributed by atoms with Crippen LogP contribution in [0.1, 0.15) is 59.8 Å². The third kappa shape index (κ3) is 8.30. The first-order valence-corrected chi connectivity index (χ1v) is 14.7. The van der Waals surface area contributed by atoms with E-state index in [0.29, 0.717) is 34.3 Å². The van der Waals surface area contributed by atoms with E-state index in [0.717, 1.165) is 41.3 Å². The Morgan fingerprint density at radius 3 is 2.07 bits per heavy atom. The first-order chi connectivity index (χ1) is 21.1. The number of hydrogen-bond donors (Lipinski definition) is 4. The van der Waals surface area contributed by atoms with Crippen molar-refractivity contribution in [2.75, 3.05) is 13.7 Å². The van der Waals surface area contributed by atoms with E-state index >= 15 is 0 Å². The first kappa shape index (κ1) is 35.7. The van der Waals surface area contributed by atoms with Crippen LogP contribution in [0.4, 0.5) is 0 Å². The van der Waals surface area contributed by atoms with Crippen molar-refractivity contribution < 1.29 is 19.8 Å². The van der Waals surface area contributed by atoms with Crippen LogP contribution in [0.5, 0.6) is 0 Å². The Bertz CT molecular complexity index is 1670. The zero-order chi connectivity index (χ0) is 33.0. The molecule has 4 rings (SSSR count). The lowest BCUT2D eigenvalue weighted by molar-refractivity contribution is -0.139. The number of fused-ring (bicyclic) bond motifs is 1. The fourth-order valence-electron chi connectivity index (χ4n) is 4.86. The predicted octanol–water partition coefficient (Wildman–Crippen LogP) is 3.87. The molecule has 10 heteroatoms. The van der Waals surface area contributed by atoms with Crippen molar-refractivity contribution >= 4 is 22.8 Å². The van der Waals surface area contributed by atoms with Crippen molar-refractivity contribution in [3.63, 3.8) is 0 Å². The van der Waals surface area contributed by atoms with Gasteiger partial charge in [-0.3, -0.25) is 14.2 Å². The number of nitrogens with zero attached hydrogens (tertiary/aromatic N) is 2. The van der Waals surface area contributed by atoms with Crippen molar-refractivity contribution in [2.24, 2.45) is 7.05 Å². The van der Waals surface area contributed by atoms with Gasteiger partial charge in [0.15, 0.2) is 0 Å². The second kappa shape index (κ2) is 16.9. The summed E-state index contributed by atoms with van der Waals surface area (Å²) in [7, 11) is 2.63. The van der Waals surface area contributed by atoms with Gasteiger partial charge in [-0.05, 0) is 73.3 Å². The van der Waals surface area contributed by atoms with Gasteiger partial charge in [0, 0.05) is 32.7 Å². The summed E-state index contributed by atoms with van der Waals surface area (Å²) in [4.78, 5) is 51.4. The van der Waals surface area contributed by atoms with Crippen LogP contribution >= 0.6 is 0 Å². The van der Waals surface area contributed by atoms with Gasteiger partial charge < -0.3 is 20.8 Å². The van der Waals surface area contributed by atoms with Crippen LogP contribution in [0, 0.1) is 13.8 Å². The minimum absolute atomic E-state index is 0.0335. The Hall–Kier alpha value is -4.54. The smallest absolute Gasteiger partial charge is 0.335 e. The van der Waals surface area contributed by atoms with Crippen LogP contribution in [-0.2, 0) is 24.8 Å². The second-order valence-electron chi connectivity index (χ2n) is 10.0. The number of benzene rings is 3. The zero-order valence-electron chi connectivity index (χ0n) is 26.6. The van der Waals surface area contributed by atoms with Gasteiger partial charge in [0.2, 0.25) is 0 Å². The van der Waals surface area contributed by atoms with Gasteiger partial charge in [0.1, 0.15) is 6.04 Å². The number of rotatable bonds is 10. The maximum Gasteiger partial charge on any atom is 0.335 e. The van der Waals surface area contributed by atoms with Crippen LogP contribution in [0.2, 0.25) is 0 Å². The molecule has 0 unspecified atom stereocenters. The van der Waals surface area contributed by atoms with Crippen LogP contribution in [0.15, 0.2) is 70.3 Å². The molecule has 236 valence electrons. The molecule has 0 saturated carbocycles. The van der Waals surface area contributed by atoms with Crippen molar-refractivity contribution in [2.45, 2.75) is 60.0 Å². The number of carboxylic acid groups (broad SMARTS) is 1. The largest absolute Gasteiger partial charge is 0.480 e. The lowest BCUT2D eigenvalue weighted by Gasteiger charge is -2.17. The highest BCUT2D eigenvalue weighted by molar-refractivity contribution is 5.99. The topological polar surface area (TPSA) is 143 Å². The molecule has 0 radical (unpaired) electrons. The third-order valence-corrected chi connectivity index (χ3v) is 7.04. The van der Waals surface area contributed by atoms with E-state index in [1.807, 2.05) is 32.0 Å². The number of aryl methyl sites for hydroxylation is 3. The van der Waals surface area contributed by atoms with Crippen molar-refractivity contribution in [1.82, 2.24) is 19.8 Å². The summed E-state index contributed by atoms with van der Waals surface area (Å²) in [6, 6.07) is 16.3. The Morgan fingerprint density at radius 1 is 0.909 bits per heavy atom. The monoisotopic (exact) mass is 604 g/mol. The van der Waals surface area contributed by atoms with E-state index in [-0.39, 0.29) is 6.42 Å². The molecule has 4 aromatic rings. The van der Waals surface area contributed by atoms with E-state index in [1.54, 1.807) is 63.4 Å². The van der Waals surface area contributed by atoms with Gasteiger partial charge >= 0.3 is 11.7 Å². The molecule has 0 fully saturated rings. The van der Waals surface area contributed by atoms with Crippen molar-refractivity contribution in [1.29, 1.82) is 0 Å². The minimum atomic E-state index is -1.16. The molecule has 4 N–H and O–H groups in total. The molecule has 1 aromatic heterocycles. The van der Waals surface area contributed by atoms with Crippen molar-refractivity contribution in [3.8, 4) is 5.69 Å². The van der Waals surface area contributed by atoms with E-state index in [9.17, 15) is 24.3 Å². The summed E-state index contributed by atoms with van der Waals surface area (Å²) < 4.78 is 2.57. The molecule has 44 heavy (non-hydrogen) atoms. The Kier molecular flexibility index (Phi) is 13.7. The van der Waals surface area contributed by atoms with Gasteiger partial charge in [0.25, 0.3) is 11.5 Å². The van der Waals surface area contributed by atoms with E-state index < -0.39 is 29.2 Å². The third-order valence-electron chi connectivity index (χ3n) is 7.04. The maximum absolute atomic E-state index is 13.3. The highest BCUT2D eigenvalue weighted by Gasteiger charge is 2.23. The molecule has 0 bridgehead atoms. The molecule has 0 spiro atoms. The molecular formula is C34H44N4O6. The quantitative estimate of drug-likeness (QED) is 0.201. The van der Waals surface area contributed by atoms with Gasteiger partial charge in [-0.2, -0.15) is 0 Å². The molecule has 3 aromatic carbocycles. The van der Waals surface area contributed by atoms with Gasteiger partial charge in [-0.25, -0.2) is 14.2 Å². The highest BCUT2D eigenvalue weighted by Crippen LogP contribution is 2.16. The molecule has 0 aliphatic carbocycles. The van der Waals surface area contributed by atoms with Gasteiger partial charge in [-0.15, -0.1) is 0 Å². The fraction of sp³-hybridized carbons (Fsp3) is 0.353. The number of carboxylic acids is 1. The maximum atomic E-state index is 13.3. The molecule has 1 heterocycles. The number of aromatic nitrogens is 2. The van der Waals surface area contributed by atoms with E-state index in [1.165, 1.54) is 4.57 Å². The van der Waals surface area contributed by atoms with E-state index in [4.69, 9.17) is 5.11 Å². The van der Waals surface area contributed by atoms with Crippen LogP contribution in [0.25, 0.3) is 16.6 Å². The first-order valence-electron chi connectivity index (χ1n) is 14.7. The molecule has 0 aliphatic rings. The summed E-state index contributed by atoms with van der Waals surface area (Å²) in [5.41, 5.74) is 3.62. The fourth-order valence-corrected chi connectivity index (χ4v) is 4.86. The number of aliphatic hydroxyl groups excluding tert-OH is 1. The lowest BCUT2D eigenvalue weighted by atomic mass is 10.0. The Balaban J connectivity index is 0.00000162. The summed E-state index contributed by atoms with van der Waals surface area (Å²) in [5.74, 6) is -1.61.